The Hall–Kier alpha value is -1.48. The van der Waals surface area contributed by atoms with Crippen LogP contribution in [0, 0.1) is 19.3 Å². The molecule has 0 aromatic heterocycles. The van der Waals surface area contributed by atoms with Gasteiger partial charge < -0.3 is 11.1 Å². The van der Waals surface area contributed by atoms with Gasteiger partial charge in [-0.25, -0.2) is 13.6 Å². The first-order valence-corrected chi connectivity index (χ1v) is 9.45. The lowest BCUT2D eigenvalue weighted by atomic mass is 9.90. The summed E-state index contributed by atoms with van der Waals surface area (Å²) in [6, 6.07) is 2.91. The summed E-state index contributed by atoms with van der Waals surface area (Å²) in [5, 5.41) is 8.00. The number of benzene rings is 1. The number of nitrogens with zero attached hydrogens (tertiary/aromatic N) is 1. The van der Waals surface area contributed by atoms with Crippen molar-refractivity contribution in [2.45, 2.75) is 32.1 Å². The molecule has 24 heavy (non-hydrogen) atoms. The number of nitrogens with two attached hydrogens (primary N) is 2. The molecule has 1 fully saturated rings. The van der Waals surface area contributed by atoms with E-state index < -0.39 is 10.0 Å². The number of aryl methyl sites for hydroxylation is 1. The molecule has 0 spiro atoms. The lowest BCUT2D eigenvalue weighted by Crippen LogP contribution is -2.35. The summed E-state index contributed by atoms with van der Waals surface area (Å²) in [6.07, 6.45) is 0.968. The number of amides is 1. The van der Waals surface area contributed by atoms with Crippen molar-refractivity contribution in [1.82, 2.24) is 4.90 Å². The molecule has 0 aliphatic carbocycles. The second kappa shape index (κ2) is 6.79. The van der Waals surface area contributed by atoms with E-state index in [-0.39, 0.29) is 22.8 Å². The number of carbonyl (C=O) groups excluding carboxylic acids is 1. The molecule has 1 heterocycles. The van der Waals surface area contributed by atoms with Gasteiger partial charge in [0.15, 0.2) is 0 Å². The van der Waals surface area contributed by atoms with Crippen LogP contribution in [0.5, 0.6) is 0 Å². The van der Waals surface area contributed by atoms with Crippen LogP contribution in [0.3, 0.4) is 0 Å². The molecule has 1 aliphatic heterocycles. The zero-order valence-electron chi connectivity index (χ0n) is 14.4. The second-order valence-electron chi connectivity index (χ2n) is 6.98. The molecule has 5 N–H and O–H groups in total. The summed E-state index contributed by atoms with van der Waals surface area (Å²) in [5.74, 6) is -0.176. The Morgan fingerprint density at radius 2 is 2.04 bits per heavy atom. The minimum Gasteiger partial charge on any atom is -0.330 e. The maximum atomic E-state index is 12.3. The number of hydrogen-bond acceptors (Lipinski definition) is 5. The topological polar surface area (TPSA) is 119 Å². The Bertz CT molecular complexity index is 748. The summed E-state index contributed by atoms with van der Waals surface area (Å²) in [7, 11) is -3.82. The zero-order valence-corrected chi connectivity index (χ0v) is 15.2. The van der Waals surface area contributed by atoms with Crippen molar-refractivity contribution in [3.8, 4) is 0 Å². The minimum absolute atomic E-state index is 0.00206. The molecule has 1 aromatic carbocycles. The maximum absolute atomic E-state index is 12.3. The molecule has 1 amide bonds. The van der Waals surface area contributed by atoms with Gasteiger partial charge in [0.25, 0.3) is 0 Å². The summed E-state index contributed by atoms with van der Waals surface area (Å²) < 4.78 is 23.1. The summed E-state index contributed by atoms with van der Waals surface area (Å²) in [5.41, 5.74) is 7.90. The van der Waals surface area contributed by atoms with Gasteiger partial charge in [0.05, 0.1) is 11.4 Å². The van der Waals surface area contributed by atoms with Crippen LogP contribution in [0.25, 0.3) is 0 Å². The van der Waals surface area contributed by atoms with E-state index >= 15 is 0 Å². The highest BCUT2D eigenvalue weighted by molar-refractivity contribution is 7.89. The van der Waals surface area contributed by atoms with Gasteiger partial charge in [0.1, 0.15) is 0 Å². The largest absolute Gasteiger partial charge is 0.330 e. The fraction of sp³-hybridized carbons (Fsp3) is 0.562. The quantitative estimate of drug-likeness (QED) is 0.714. The Kier molecular flexibility index (Phi) is 5.34. The Morgan fingerprint density at radius 1 is 1.38 bits per heavy atom. The zero-order chi connectivity index (χ0) is 18.1. The van der Waals surface area contributed by atoms with Crippen LogP contribution in [-0.2, 0) is 14.8 Å². The Morgan fingerprint density at radius 3 is 2.58 bits per heavy atom. The van der Waals surface area contributed by atoms with Crippen molar-refractivity contribution in [3.63, 3.8) is 0 Å². The number of hydrogen-bond donors (Lipinski definition) is 3. The molecule has 1 unspecified atom stereocenters. The van der Waals surface area contributed by atoms with E-state index in [1.807, 2.05) is 6.92 Å². The predicted molar refractivity (Wildman–Crippen MR) is 94.1 cm³/mol. The monoisotopic (exact) mass is 354 g/mol. The number of likely N-dealkylation sites (tertiary alicyclic amines) is 1. The van der Waals surface area contributed by atoms with Crippen LogP contribution in [-0.4, -0.2) is 45.4 Å². The van der Waals surface area contributed by atoms with Crippen molar-refractivity contribution in [3.05, 3.63) is 23.3 Å². The third-order valence-electron chi connectivity index (χ3n) is 4.74. The summed E-state index contributed by atoms with van der Waals surface area (Å²) in [6.45, 7) is 8.20. The number of sulfonamides is 1. The molecule has 134 valence electrons. The number of carbonyl (C=O) groups is 1. The molecule has 1 aliphatic rings. The molecule has 0 bridgehead atoms. The van der Waals surface area contributed by atoms with Crippen LogP contribution < -0.4 is 16.2 Å². The first-order valence-electron chi connectivity index (χ1n) is 7.90. The van der Waals surface area contributed by atoms with Gasteiger partial charge in [-0.15, -0.1) is 0 Å². The Labute approximate surface area is 143 Å². The fourth-order valence-corrected chi connectivity index (χ4v) is 3.56. The number of primary sulfonamides is 1. The van der Waals surface area contributed by atoms with E-state index in [0.29, 0.717) is 12.2 Å². The molecule has 1 atom stereocenters. The van der Waals surface area contributed by atoms with E-state index in [4.69, 9.17) is 10.9 Å². The van der Waals surface area contributed by atoms with Crippen LogP contribution in [0.2, 0.25) is 0 Å². The van der Waals surface area contributed by atoms with Crippen LogP contribution >= 0.6 is 0 Å². The van der Waals surface area contributed by atoms with Crippen LogP contribution in [0.15, 0.2) is 17.0 Å². The van der Waals surface area contributed by atoms with E-state index in [1.165, 1.54) is 12.1 Å². The first-order chi connectivity index (χ1) is 11.0. The number of nitrogens with one attached hydrogen (secondary N) is 1. The molecule has 7 nitrogen and oxygen atoms in total. The standard InChI is InChI=1S/C16H26N4O3S/c1-11-6-13(24(18,22)23)7-14(12(11)2)19-15(21)8-20-5-4-16(3,9-17)10-20/h6-7H,4-5,8-10,17H2,1-3H3,(H,19,21)(H2,18,22,23). The third-order valence-corrected chi connectivity index (χ3v) is 5.63. The van der Waals surface area contributed by atoms with Gasteiger partial charge in [0, 0.05) is 12.2 Å². The first kappa shape index (κ1) is 18.9. The molecule has 0 radical (unpaired) electrons. The highest BCUT2D eigenvalue weighted by Gasteiger charge is 2.33. The van der Waals surface area contributed by atoms with Crippen molar-refractivity contribution in [2.24, 2.45) is 16.3 Å². The average molecular weight is 354 g/mol. The van der Waals surface area contributed by atoms with E-state index in [2.05, 4.69) is 17.1 Å². The average Bonchev–Trinajstić information content (AvgIpc) is 2.84. The number of rotatable bonds is 5. The number of anilines is 1. The molecule has 8 heteroatoms. The molecule has 1 aromatic rings. The fourth-order valence-electron chi connectivity index (χ4n) is 2.94. The van der Waals surface area contributed by atoms with E-state index in [1.54, 1.807) is 6.92 Å². The lowest BCUT2D eigenvalue weighted by molar-refractivity contribution is -0.117. The molecule has 1 saturated heterocycles. The van der Waals surface area contributed by atoms with Crippen molar-refractivity contribution in [2.75, 3.05) is 31.5 Å². The Balaban J connectivity index is 2.11. The normalized spacial score (nSPS) is 21.9. The smallest absolute Gasteiger partial charge is 0.238 e. The molecule has 2 rings (SSSR count). The maximum Gasteiger partial charge on any atom is 0.238 e. The minimum atomic E-state index is -3.82. The van der Waals surface area contributed by atoms with E-state index in [0.717, 1.165) is 30.6 Å². The van der Waals surface area contributed by atoms with Gasteiger partial charge in [-0.1, -0.05) is 6.92 Å². The van der Waals surface area contributed by atoms with Gasteiger partial charge in [-0.05, 0) is 62.0 Å². The van der Waals surface area contributed by atoms with E-state index in [9.17, 15) is 13.2 Å². The highest BCUT2D eigenvalue weighted by atomic mass is 32.2. The van der Waals surface area contributed by atoms with Gasteiger partial charge in [0.2, 0.25) is 15.9 Å². The van der Waals surface area contributed by atoms with Gasteiger partial charge in [-0.3, -0.25) is 9.69 Å². The summed E-state index contributed by atoms with van der Waals surface area (Å²) >= 11 is 0. The molecular formula is C16H26N4O3S. The SMILES string of the molecule is Cc1cc(S(N)(=O)=O)cc(NC(=O)CN2CCC(C)(CN)C2)c1C. The van der Waals surface area contributed by atoms with Crippen molar-refractivity contribution >= 4 is 21.6 Å². The highest BCUT2D eigenvalue weighted by Crippen LogP contribution is 2.28. The predicted octanol–water partition coefficient (Wildman–Crippen LogP) is 0.560. The van der Waals surface area contributed by atoms with Crippen LogP contribution in [0.1, 0.15) is 24.5 Å². The van der Waals surface area contributed by atoms with Gasteiger partial charge >= 0.3 is 0 Å². The summed E-state index contributed by atoms with van der Waals surface area (Å²) in [4.78, 5) is 14.4. The lowest BCUT2D eigenvalue weighted by Gasteiger charge is -2.22. The second-order valence-corrected chi connectivity index (χ2v) is 8.54. The van der Waals surface area contributed by atoms with Crippen LogP contribution in [0.4, 0.5) is 5.69 Å². The molecular weight excluding hydrogens is 328 g/mol. The molecule has 0 saturated carbocycles. The van der Waals surface area contributed by atoms with Crippen molar-refractivity contribution in [1.29, 1.82) is 0 Å². The third kappa shape index (κ3) is 4.32. The van der Waals surface area contributed by atoms with Gasteiger partial charge in [-0.2, -0.15) is 0 Å². The van der Waals surface area contributed by atoms with Crippen molar-refractivity contribution < 1.29 is 13.2 Å².